The van der Waals surface area contributed by atoms with Gasteiger partial charge in [-0.3, -0.25) is 9.59 Å². The number of rotatable bonds is 10. The molecule has 0 radical (unpaired) electrons. The van der Waals surface area contributed by atoms with Gasteiger partial charge in [0.1, 0.15) is 16.4 Å². The Kier molecular flexibility index (Phi) is 9.07. The normalized spacial score (nSPS) is 10.9. The average Bonchev–Trinajstić information content (AvgIpc) is 3.28. The summed E-state index contributed by atoms with van der Waals surface area (Å²) in [5.74, 6) is -0.585. The number of ether oxygens (including phenoxy) is 2. The van der Waals surface area contributed by atoms with Crippen molar-refractivity contribution in [3.63, 3.8) is 0 Å². The molecule has 38 heavy (non-hydrogen) atoms. The van der Waals surface area contributed by atoms with Gasteiger partial charge in [0.2, 0.25) is 0 Å². The number of carbonyl (C=O) groups excluding carboxylic acids is 3. The number of hydrogen-bond donors (Lipinski definition) is 2. The monoisotopic (exact) mass is 549 g/mol. The van der Waals surface area contributed by atoms with Crippen LogP contribution in [0.4, 0.5) is 0 Å². The number of hydrazone groups is 1. The molecule has 0 aliphatic heterocycles. The highest BCUT2D eigenvalue weighted by Gasteiger charge is 2.19. The molecule has 0 saturated carbocycles. The zero-order valence-corrected chi connectivity index (χ0v) is 22.0. The predicted molar refractivity (Wildman–Crippen MR) is 149 cm³/mol. The van der Waals surface area contributed by atoms with Crippen LogP contribution in [0.5, 0.6) is 11.5 Å². The molecular weight excluding hydrogens is 526 g/mol. The first-order chi connectivity index (χ1) is 18.5. The molecule has 2 N–H and O–H groups in total. The fourth-order valence-electron chi connectivity index (χ4n) is 3.37. The van der Waals surface area contributed by atoms with E-state index in [1.165, 1.54) is 17.6 Å². The highest BCUT2D eigenvalue weighted by molar-refractivity contribution is 7.21. The van der Waals surface area contributed by atoms with Gasteiger partial charge >= 0.3 is 5.97 Å². The molecule has 1 heterocycles. The summed E-state index contributed by atoms with van der Waals surface area (Å²) < 4.78 is 11.9. The van der Waals surface area contributed by atoms with Crippen molar-refractivity contribution in [2.24, 2.45) is 5.10 Å². The summed E-state index contributed by atoms with van der Waals surface area (Å²) in [6.45, 7) is 2.33. The standard InChI is InChI=1S/C28H24ClN3O5S/c1-2-15-36-20-13-11-18(12-14-20)27(34)30-17-24(33)32-31-16-19-7-3-5-9-22(19)37-28(35)26-25(29)21-8-4-6-10-23(21)38-26/h3-14,16H,2,15,17H2,1H3,(H,30,34)(H,32,33). The van der Waals surface area contributed by atoms with Gasteiger partial charge in [-0.25, -0.2) is 10.2 Å². The lowest BCUT2D eigenvalue weighted by Crippen LogP contribution is -2.34. The van der Waals surface area contributed by atoms with Crippen LogP contribution in [0.15, 0.2) is 77.9 Å². The SMILES string of the molecule is CCCOc1ccc(C(=O)NCC(=O)NN=Cc2ccccc2OC(=O)c2sc3ccccc3c2Cl)cc1. The molecule has 4 aromatic rings. The largest absolute Gasteiger partial charge is 0.494 e. The van der Waals surface area contributed by atoms with E-state index in [0.717, 1.165) is 16.5 Å². The number of esters is 1. The maximum atomic E-state index is 12.8. The molecule has 0 atom stereocenters. The first kappa shape index (κ1) is 26.8. The van der Waals surface area contributed by atoms with Crippen LogP contribution >= 0.6 is 22.9 Å². The van der Waals surface area contributed by atoms with E-state index in [4.69, 9.17) is 21.1 Å². The number of nitrogens with one attached hydrogen (secondary N) is 2. The number of hydrogen-bond acceptors (Lipinski definition) is 7. The van der Waals surface area contributed by atoms with Gasteiger partial charge in [-0.2, -0.15) is 5.10 Å². The van der Waals surface area contributed by atoms with Gasteiger partial charge < -0.3 is 14.8 Å². The maximum Gasteiger partial charge on any atom is 0.355 e. The average molecular weight is 550 g/mol. The molecule has 2 amide bonds. The molecule has 0 bridgehead atoms. The number of benzene rings is 3. The fraction of sp³-hybridized carbons (Fsp3) is 0.143. The van der Waals surface area contributed by atoms with Gasteiger partial charge in [0.25, 0.3) is 11.8 Å². The summed E-state index contributed by atoms with van der Waals surface area (Å²) in [6, 6.07) is 20.8. The van der Waals surface area contributed by atoms with Crippen LogP contribution in [0, 0.1) is 0 Å². The van der Waals surface area contributed by atoms with Gasteiger partial charge in [0.15, 0.2) is 0 Å². The Hall–Kier alpha value is -4.21. The van der Waals surface area contributed by atoms with Crippen molar-refractivity contribution in [2.75, 3.05) is 13.2 Å². The number of para-hydroxylation sites is 1. The highest BCUT2D eigenvalue weighted by atomic mass is 35.5. The number of carbonyl (C=O) groups is 3. The highest BCUT2D eigenvalue weighted by Crippen LogP contribution is 2.36. The third-order valence-electron chi connectivity index (χ3n) is 5.23. The Balaban J connectivity index is 1.31. The molecule has 0 aliphatic rings. The summed E-state index contributed by atoms with van der Waals surface area (Å²) in [5, 5.41) is 7.58. The molecule has 3 aromatic carbocycles. The smallest absolute Gasteiger partial charge is 0.355 e. The van der Waals surface area contributed by atoms with Gasteiger partial charge in [-0.15, -0.1) is 11.3 Å². The van der Waals surface area contributed by atoms with E-state index in [0.29, 0.717) is 33.4 Å². The van der Waals surface area contributed by atoms with Crippen molar-refractivity contribution in [1.29, 1.82) is 0 Å². The van der Waals surface area contributed by atoms with Gasteiger partial charge in [0, 0.05) is 21.2 Å². The van der Waals surface area contributed by atoms with Crippen molar-refractivity contribution in [3.8, 4) is 11.5 Å². The summed E-state index contributed by atoms with van der Waals surface area (Å²) >= 11 is 7.64. The molecule has 0 saturated heterocycles. The summed E-state index contributed by atoms with van der Waals surface area (Å²) in [6.07, 6.45) is 2.24. The Labute approximate surface area is 228 Å². The van der Waals surface area contributed by atoms with Crippen molar-refractivity contribution >= 4 is 57.0 Å². The van der Waals surface area contributed by atoms with Crippen molar-refractivity contribution in [2.45, 2.75) is 13.3 Å². The van der Waals surface area contributed by atoms with Crippen LogP contribution in [0.1, 0.15) is 38.9 Å². The van der Waals surface area contributed by atoms with Crippen LogP contribution in [0.3, 0.4) is 0 Å². The second kappa shape index (κ2) is 12.8. The van der Waals surface area contributed by atoms with E-state index in [9.17, 15) is 14.4 Å². The predicted octanol–water partition coefficient (Wildman–Crippen LogP) is 5.44. The van der Waals surface area contributed by atoms with Crippen LogP contribution < -0.4 is 20.2 Å². The van der Waals surface area contributed by atoms with Crippen molar-refractivity contribution < 1.29 is 23.9 Å². The lowest BCUT2D eigenvalue weighted by atomic mass is 10.2. The zero-order chi connectivity index (χ0) is 26.9. The molecule has 194 valence electrons. The maximum absolute atomic E-state index is 12.8. The topological polar surface area (TPSA) is 106 Å². The van der Waals surface area contributed by atoms with E-state index < -0.39 is 17.8 Å². The Morgan fingerprint density at radius 1 is 1.00 bits per heavy atom. The molecule has 1 aromatic heterocycles. The number of nitrogens with zero attached hydrogens (tertiary/aromatic N) is 1. The van der Waals surface area contributed by atoms with E-state index in [1.807, 2.05) is 31.2 Å². The third-order valence-corrected chi connectivity index (χ3v) is 6.89. The molecule has 0 fully saturated rings. The zero-order valence-electron chi connectivity index (χ0n) is 20.4. The van der Waals surface area contributed by atoms with Crippen LogP contribution in [0.25, 0.3) is 10.1 Å². The van der Waals surface area contributed by atoms with E-state index in [1.54, 1.807) is 48.5 Å². The summed E-state index contributed by atoms with van der Waals surface area (Å²) in [4.78, 5) is 37.6. The first-order valence-corrected chi connectivity index (χ1v) is 13.0. The minimum absolute atomic E-state index is 0.253. The Bertz CT molecular complexity index is 1480. The number of fused-ring (bicyclic) bond motifs is 1. The summed E-state index contributed by atoms with van der Waals surface area (Å²) in [7, 11) is 0. The second-order valence-corrected chi connectivity index (χ2v) is 9.45. The lowest BCUT2D eigenvalue weighted by molar-refractivity contribution is -0.120. The quantitative estimate of drug-likeness (QED) is 0.118. The Morgan fingerprint density at radius 2 is 1.74 bits per heavy atom. The minimum atomic E-state index is -0.589. The fourth-order valence-corrected chi connectivity index (χ4v) is 4.75. The van der Waals surface area contributed by atoms with Crippen LogP contribution in [-0.4, -0.2) is 37.1 Å². The van der Waals surface area contributed by atoms with Crippen LogP contribution in [0.2, 0.25) is 5.02 Å². The summed E-state index contributed by atoms with van der Waals surface area (Å²) in [5.41, 5.74) is 3.21. The van der Waals surface area contributed by atoms with E-state index in [2.05, 4.69) is 15.8 Å². The second-order valence-electron chi connectivity index (χ2n) is 8.02. The molecule has 4 rings (SSSR count). The number of amides is 2. The molecule has 0 spiro atoms. The molecule has 10 heteroatoms. The van der Waals surface area contributed by atoms with Gasteiger partial charge in [-0.05, 0) is 48.9 Å². The number of thiophene rings is 1. The third kappa shape index (κ3) is 6.76. The Morgan fingerprint density at radius 3 is 2.50 bits per heavy atom. The molecule has 0 aliphatic carbocycles. The minimum Gasteiger partial charge on any atom is -0.494 e. The van der Waals surface area contributed by atoms with E-state index >= 15 is 0 Å². The van der Waals surface area contributed by atoms with Crippen LogP contribution in [-0.2, 0) is 4.79 Å². The van der Waals surface area contributed by atoms with Gasteiger partial charge in [0.05, 0.1) is 24.4 Å². The van der Waals surface area contributed by atoms with Gasteiger partial charge in [-0.1, -0.05) is 48.9 Å². The molecular formula is C28H24ClN3O5S. The van der Waals surface area contributed by atoms with E-state index in [-0.39, 0.29) is 12.3 Å². The molecule has 8 nitrogen and oxygen atoms in total. The van der Waals surface area contributed by atoms with Crippen molar-refractivity contribution in [3.05, 3.63) is 93.8 Å². The lowest BCUT2D eigenvalue weighted by Gasteiger charge is -2.07. The first-order valence-electron chi connectivity index (χ1n) is 11.8. The van der Waals surface area contributed by atoms with Crippen molar-refractivity contribution in [1.82, 2.24) is 10.7 Å². The number of halogens is 1. The molecule has 0 unspecified atom stereocenters.